The van der Waals surface area contributed by atoms with Crippen LogP contribution in [0.3, 0.4) is 0 Å². The molecule has 2 heterocycles. The van der Waals surface area contributed by atoms with Gasteiger partial charge in [0.25, 0.3) is 0 Å². The van der Waals surface area contributed by atoms with Gasteiger partial charge in [0, 0.05) is 22.0 Å². The smallest absolute Gasteiger partial charge is 0.214 e. The minimum Gasteiger partial charge on any atom is -0.493 e. The standard InChI is InChI=1S/C28H28Br2N2O3/c1-3-4-8-13-34-25-12-11-19(14-26(25)33-2)28-32-24(17-23(31-32)18-9-6-5-7-10-18)21-15-20(29)16-22(30)27(21)35-28/h5-7,9-12,14-16,24,28H,3-4,8,13,17H2,1-2H3/t24-,28+/m0/s1. The number of hydrogen-bond acceptors (Lipinski definition) is 5. The molecule has 0 N–H and O–H groups in total. The molecule has 0 fully saturated rings. The number of benzene rings is 3. The zero-order valence-corrected chi connectivity index (χ0v) is 23.0. The third kappa shape index (κ3) is 4.94. The van der Waals surface area contributed by atoms with Crippen LogP contribution in [0.15, 0.2) is 74.7 Å². The summed E-state index contributed by atoms with van der Waals surface area (Å²) in [6.45, 7) is 2.86. The van der Waals surface area contributed by atoms with Gasteiger partial charge < -0.3 is 14.2 Å². The Morgan fingerprint density at radius 1 is 1.03 bits per heavy atom. The highest BCUT2D eigenvalue weighted by atomic mass is 79.9. The number of halogens is 2. The minimum atomic E-state index is -0.394. The van der Waals surface area contributed by atoms with Crippen LogP contribution in [0.25, 0.3) is 0 Å². The number of nitrogens with zero attached hydrogens (tertiary/aromatic N) is 2. The molecule has 182 valence electrons. The van der Waals surface area contributed by atoms with Crippen molar-refractivity contribution in [2.45, 2.75) is 44.9 Å². The third-order valence-corrected chi connectivity index (χ3v) is 7.44. The fourth-order valence-electron chi connectivity index (χ4n) is 4.63. The molecule has 0 aliphatic carbocycles. The van der Waals surface area contributed by atoms with Crippen LogP contribution in [0, 0.1) is 0 Å². The molecule has 0 unspecified atom stereocenters. The summed E-state index contributed by atoms with van der Waals surface area (Å²) in [6.07, 6.45) is 3.75. The number of methoxy groups -OCH3 is 1. The lowest BCUT2D eigenvalue weighted by Gasteiger charge is -2.38. The molecule has 0 amide bonds. The lowest BCUT2D eigenvalue weighted by atomic mass is 9.96. The van der Waals surface area contributed by atoms with Crippen molar-refractivity contribution >= 4 is 37.6 Å². The quantitative estimate of drug-likeness (QED) is 0.246. The van der Waals surface area contributed by atoms with E-state index in [1.807, 2.05) is 42.5 Å². The fraction of sp³-hybridized carbons (Fsp3) is 0.321. The Labute approximate surface area is 223 Å². The molecule has 35 heavy (non-hydrogen) atoms. The number of rotatable bonds is 8. The van der Waals surface area contributed by atoms with Gasteiger partial charge in [0.15, 0.2) is 11.5 Å². The van der Waals surface area contributed by atoms with Gasteiger partial charge in [0.2, 0.25) is 6.23 Å². The molecule has 5 nitrogen and oxygen atoms in total. The fourth-order valence-corrected chi connectivity index (χ4v) is 5.98. The Morgan fingerprint density at radius 3 is 2.63 bits per heavy atom. The van der Waals surface area contributed by atoms with E-state index in [1.54, 1.807) is 7.11 Å². The second-order valence-electron chi connectivity index (χ2n) is 8.75. The van der Waals surface area contributed by atoms with E-state index in [0.717, 1.165) is 68.5 Å². The van der Waals surface area contributed by atoms with Crippen LogP contribution in [0.1, 0.15) is 61.6 Å². The highest BCUT2D eigenvalue weighted by Crippen LogP contribution is 2.51. The maximum Gasteiger partial charge on any atom is 0.214 e. The zero-order valence-electron chi connectivity index (χ0n) is 19.8. The van der Waals surface area contributed by atoms with E-state index >= 15 is 0 Å². The number of ether oxygens (including phenoxy) is 3. The van der Waals surface area contributed by atoms with Crippen LogP contribution in [-0.2, 0) is 0 Å². The molecular weight excluding hydrogens is 572 g/mol. The molecular formula is C28H28Br2N2O3. The molecule has 0 saturated heterocycles. The van der Waals surface area contributed by atoms with Crippen LogP contribution in [0.2, 0.25) is 0 Å². The zero-order chi connectivity index (χ0) is 24.4. The second-order valence-corrected chi connectivity index (χ2v) is 10.5. The van der Waals surface area contributed by atoms with Gasteiger partial charge in [-0.15, -0.1) is 0 Å². The molecule has 0 saturated carbocycles. The summed E-state index contributed by atoms with van der Waals surface area (Å²) in [6, 6.07) is 20.6. The molecule has 3 aromatic carbocycles. The summed E-state index contributed by atoms with van der Waals surface area (Å²) in [4.78, 5) is 0. The Hall–Kier alpha value is -2.51. The van der Waals surface area contributed by atoms with E-state index in [2.05, 4.69) is 62.0 Å². The molecule has 0 aromatic heterocycles. The largest absolute Gasteiger partial charge is 0.493 e. The van der Waals surface area contributed by atoms with E-state index < -0.39 is 6.23 Å². The summed E-state index contributed by atoms with van der Waals surface area (Å²) in [5, 5.41) is 7.15. The van der Waals surface area contributed by atoms with Gasteiger partial charge in [-0.3, -0.25) is 0 Å². The Kier molecular flexibility index (Phi) is 7.35. The third-order valence-electron chi connectivity index (χ3n) is 6.39. The molecule has 0 spiro atoms. The van der Waals surface area contributed by atoms with E-state index in [0.29, 0.717) is 12.4 Å². The van der Waals surface area contributed by atoms with Gasteiger partial charge in [0.05, 0.1) is 29.9 Å². The average Bonchev–Trinajstić information content (AvgIpc) is 3.33. The van der Waals surface area contributed by atoms with E-state index in [1.165, 1.54) is 0 Å². The lowest BCUT2D eigenvalue weighted by molar-refractivity contribution is -0.0198. The summed E-state index contributed by atoms with van der Waals surface area (Å²) in [7, 11) is 1.67. The first-order valence-electron chi connectivity index (χ1n) is 12.0. The molecule has 7 heteroatoms. The molecule has 0 radical (unpaired) electrons. The molecule has 2 aliphatic rings. The van der Waals surface area contributed by atoms with Crippen LogP contribution in [0.4, 0.5) is 0 Å². The number of unbranched alkanes of at least 4 members (excludes halogenated alkanes) is 2. The summed E-state index contributed by atoms with van der Waals surface area (Å²) in [5.41, 5.74) is 4.26. The highest BCUT2D eigenvalue weighted by Gasteiger charge is 2.42. The van der Waals surface area contributed by atoms with Crippen molar-refractivity contribution in [2.75, 3.05) is 13.7 Å². The topological polar surface area (TPSA) is 43.3 Å². The Bertz CT molecular complexity index is 1230. The summed E-state index contributed by atoms with van der Waals surface area (Å²) < 4.78 is 20.2. The van der Waals surface area contributed by atoms with Crippen molar-refractivity contribution in [1.29, 1.82) is 0 Å². The number of fused-ring (bicyclic) bond motifs is 3. The summed E-state index contributed by atoms with van der Waals surface area (Å²) in [5.74, 6) is 2.30. The SMILES string of the molecule is CCCCCOc1ccc([C@H]2Oc3c(Br)cc(Br)cc3[C@@H]3CC(c4ccccc4)=NN23)cc1OC. The monoisotopic (exact) mass is 598 g/mol. The Morgan fingerprint density at radius 2 is 1.86 bits per heavy atom. The van der Waals surface area contributed by atoms with E-state index in [-0.39, 0.29) is 6.04 Å². The van der Waals surface area contributed by atoms with Crippen molar-refractivity contribution in [3.8, 4) is 17.2 Å². The normalized spacial score (nSPS) is 18.4. The molecule has 0 bridgehead atoms. The maximum atomic E-state index is 6.61. The van der Waals surface area contributed by atoms with Crippen LogP contribution >= 0.6 is 31.9 Å². The van der Waals surface area contributed by atoms with Gasteiger partial charge in [-0.2, -0.15) is 5.10 Å². The van der Waals surface area contributed by atoms with Crippen LogP contribution < -0.4 is 14.2 Å². The predicted molar refractivity (Wildman–Crippen MR) is 145 cm³/mol. The second kappa shape index (κ2) is 10.6. The Balaban J connectivity index is 1.52. The van der Waals surface area contributed by atoms with Crippen molar-refractivity contribution in [1.82, 2.24) is 5.01 Å². The summed E-state index contributed by atoms with van der Waals surface area (Å²) >= 11 is 7.36. The van der Waals surface area contributed by atoms with Crippen molar-refractivity contribution in [2.24, 2.45) is 5.10 Å². The van der Waals surface area contributed by atoms with E-state index in [4.69, 9.17) is 19.3 Å². The van der Waals surface area contributed by atoms with Gasteiger partial charge >= 0.3 is 0 Å². The van der Waals surface area contributed by atoms with Crippen molar-refractivity contribution in [3.05, 3.63) is 86.3 Å². The van der Waals surface area contributed by atoms with Gasteiger partial charge in [-0.05, 0) is 58.2 Å². The lowest BCUT2D eigenvalue weighted by Crippen LogP contribution is -2.34. The van der Waals surface area contributed by atoms with Gasteiger partial charge in [-0.1, -0.05) is 66.0 Å². The van der Waals surface area contributed by atoms with Crippen molar-refractivity contribution < 1.29 is 14.2 Å². The molecule has 3 aromatic rings. The first-order valence-corrected chi connectivity index (χ1v) is 13.5. The first kappa shape index (κ1) is 24.2. The number of hydrogen-bond donors (Lipinski definition) is 0. The van der Waals surface area contributed by atoms with Gasteiger partial charge in [-0.25, -0.2) is 5.01 Å². The highest BCUT2D eigenvalue weighted by molar-refractivity contribution is 9.11. The van der Waals surface area contributed by atoms with Gasteiger partial charge in [0.1, 0.15) is 5.75 Å². The molecule has 5 rings (SSSR count). The number of hydrazone groups is 1. The maximum absolute atomic E-state index is 6.61. The molecule has 2 aliphatic heterocycles. The van der Waals surface area contributed by atoms with E-state index in [9.17, 15) is 0 Å². The first-order chi connectivity index (χ1) is 17.1. The minimum absolute atomic E-state index is 0.0590. The van der Waals surface area contributed by atoms with Crippen LogP contribution in [0.5, 0.6) is 17.2 Å². The van der Waals surface area contributed by atoms with Crippen LogP contribution in [-0.4, -0.2) is 24.4 Å². The molecule has 2 atom stereocenters. The predicted octanol–water partition coefficient (Wildman–Crippen LogP) is 8.03. The van der Waals surface area contributed by atoms with Crippen molar-refractivity contribution in [3.63, 3.8) is 0 Å². The average molecular weight is 600 g/mol.